The first-order valence-electron chi connectivity index (χ1n) is 5.71. The van der Waals surface area contributed by atoms with Gasteiger partial charge in [-0.25, -0.2) is 4.90 Å². The minimum absolute atomic E-state index is 0.166. The maximum Gasteiger partial charge on any atom is 0.239 e. The molecule has 2 amide bonds. The first-order valence-corrected chi connectivity index (χ1v) is 6.49. The predicted octanol–water partition coefficient (Wildman–Crippen LogP) is 2.26. The number of amides is 2. The Morgan fingerprint density at radius 2 is 2.05 bits per heavy atom. The Labute approximate surface area is 121 Å². The van der Waals surface area contributed by atoms with E-state index in [9.17, 15) is 9.59 Å². The van der Waals surface area contributed by atoms with Crippen molar-refractivity contribution >= 4 is 46.3 Å². The zero-order valence-electron chi connectivity index (χ0n) is 10.6. The molecule has 0 unspecified atom stereocenters. The van der Waals surface area contributed by atoms with E-state index in [1.165, 1.54) is 0 Å². The average Bonchev–Trinajstić information content (AvgIpc) is 2.49. The minimum Gasteiger partial charge on any atom is -0.389 e. The van der Waals surface area contributed by atoms with Gasteiger partial charge in [-0.1, -0.05) is 43.7 Å². The molecule has 0 aliphatic carbocycles. The van der Waals surface area contributed by atoms with Crippen LogP contribution >= 0.6 is 23.8 Å². The van der Waals surface area contributed by atoms with Crippen LogP contribution in [0.15, 0.2) is 18.2 Å². The molecule has 0 aromatic heterocycles. The van der Waals surface area contributed by atoms with Gasteiger partial charge in [0.05, 0.1) is 16.1 Å². The number of carbonyl (C=O) groups excluding carboxylic acids is 2. The third-order valence-corrected chi connectivity index (χ3v) is 3.65. The molecule has 1 aromatic rings. The van der Waals surface area contributed by atoms with Crippen molar-refractivity contribution in [1.29, 1.82) is 0 Å². The van der Waals surface area contributed by atoms with Gasteiger partial charge in [-0.05, 0) is 12.1 Å². The minimum atomic E-state index is -0.709. The van der Waals surface area contributed by atoms with E-state index < -0.39 is 5.41 Å². The smallest absolute Gasteiger partial charge is 0.239 e. The third-order valence-electron chi connectivity index (χ3n) is 3.10. The highest BCUT2D eigenvalue weighted by molar-refractivity contribution is 7.80. The number of benzene rings is 1. The maximum atomic E-state index is 12.3. The van der Waals surface area contributed by atoms with Gasteiger partial charge in [0, 0.05) is 12.0 Å². The monoisotopic (exact) mass is 296 g/mol. The van der Waals surface area contributed by atoms with E-state index in [4.69, 9.17) is 29.6 Å². The molecule has 100 valence electrons. The highest BCUT2D eigenvalue weighted by atomic mass is 35.5. The fraction of sp³-hybridized carbons (Fsp3) is 0.308. The lowest BCUT2D eigenvalue weighted by Gasteiger charge is -2.19. The van der Waals surface area contributed by atoms with Crippen LogP contribution in [0.5, 0.6) is 0 Å². The van der Waals surface area contributed by atoms with Crippen LogP contribution in [0, 0.1) is 5.41 Å². The fourth-order valence-electron chi connectivity index (χ4n) is 2.03. The molecule has 4 nitrogen and oxygen atoms in total. The van der Waals surface area contributed by atoms with Gasteiger partial charge in [-0.2, -0.15) is 0 Å². The van der Waals surface area contributed by atoms with E-state index in [0.29, 0.717) is 16.3 Å². The lowest BCUT2D eigenvalue weighted by atomic mass is 9.92. The van der Waals surface area contributed by atoms with E-state index in [0.717, 1.165) is 4.90 Å². The van der Waals surface area contributed by atoms with E-state index in [-0.39, 0.29) is 23.2 Å². The van der Waals surface area contributed by atoms with Gasteiger partial charge in [0.1, 0.15) is 4.99 Å². The van der Waals surface area contributed by atoms with Gasteiger partial charge in [0.2, 0.25) is 11.8 Å². The molecule has 1 saturated heterocycles. The molecule has 1 aromatic carbocycles. The Morgan fingerprint density at radius 1 is 1.42 bits per heavy atom. The molecule has 0 spiro atoms. The number of thiocarbonyl (C=S) groups is 1. The number of rotatable bonds is 2. The predicted molar refractivity (Wildman–Crippen MR) is 78.2 cm³/mol. The summed E-state index contributed by atoms with van der Waals surface area (Å²) in [4.78, 5) is 25.6. The Bertz CT molecular complexity index is 598. The molecule has 2 N–H and O–H groups in total. The Kier molecular flexibility index (Phi) is 3.36. The number of imide groups is 1. The summed E-state index contributed by atoms with van der Waals surface area (Å²) in [6.45, 7) is 3.47. The van der Waals surface area contributed by atoms with E-state index in [2.05, 4.69) is 0 Å². The molecule has 1 aliphatic heterocycles. The number of halogens is 1. The van der Waals surface area contributed by atoms with Crippen LogP contribution < -0.4 is 10.6 Å². The summed E-state index contributed by atoms with van der Waals surface area (Å²) in [5, 5.41) is 0.319. The number of hydrogen-bond donors (Lipinski definition) is 1. The van der Waals surface area contributed by atoms with E-state index in [1.807, 2.05) is 0 Å². The molecule has 0 saturated carbocycles. The van der Waals surface area contributed by atoms with Crippen molar-refractivity contribution in [3.05, 3.63) is 28.8 Å². The SMILES string of the molecule is CC1(C)CC(=O)N(c2cc(C(N)=S)ccc2Cl)C1=O. The molecule has 1 aliphatic rings. The third kappa shape index (κ3) is 2.35. The van der Waals surface area contributed by atoms with Crippen LogP contribution in [0.3, 0.4) is 0 Å². The van der Waals surface area contributed by atoms with Crippen molar-refractivity contribution in [3.63, 3.8) is 0 Å². The summed E-state index contributed by atoms with van der Waals surface area (Å²) in [5.41, 5.74) is 5.75. The largest absolute Gasteiger partial charge is 0.389 e. The van der Waals surface area contributed by atoms with Gasteiger partial charge in [0.15, 0.2) is 0 Å². The zero-order valence-corrected chi connectivity index (χ0v) is 12.1. The second-order valence-electron chi connectivity index (χ2n) is 5.13. The van der Waals surface area contributed by atoms with Gasteiger partial charge >= 0.3 is 0 Å². The molecule has 0 bridgehead atoms. The second kappa shape index (κ2) is 4.58. The summed E-state index contributed by atoms with van der Waals surface area (Å²) in [6, 6.07) is 4.81. The van der Waals surface area contributed by atoms with Crippen LogP contribution in [0.1, 0.15) is 25.8 Å². The topological polar surface area (TPSA) is 63.4 Å². The van der Waals surface area contributed by atoms with E-state index >= 15 is 0 Å². The first-order chi connectivity index (χ1) is 8.74. The summed E-state index contributed by atoms with van der Waals surface area (Å²) >= 11 is 11.0. The van der Waals surface area contributed by atoms with Gasteiger partial charge in [-0.3, -0.25) is 9.59 Å². The highest BCUT2D eigenvalue weighted by Gasteiger charge is 2.46. The molecule has 1 heterocycles. The van der Waals surface area contributed by atoms with Crippen LogP contribution in [0.2, 0.25) is 5.02 Å². The lowest BCUT2D eigenvalue weighted by Crippen LogP contribution is -2.33. The van der Waals surface area contributed by atoms with Gasteiger partial charge in [0.25, 0.3) is 0 Å². The van der Waals surface area contributed by atoms with Crippen LogP contribution in [-0.2, 0) is 9.59 Å². The number of carbonyl (C=O) groups is 2. The summed E-state index contributed by atoms with van der Waals surface area (Å²) in [7, 11) is 0. The van der Waals surface area contributed by atoms with Crippen molar-refractivity contribution in [1.82, 2.24) is 0 Å². The molecule has 6 heteroatoms. The van der Waals surface area contributed by atoms with Crippen molar-refractivity contribution in [3.8, 4) is 0 Å². The summed E-state index contributed by atoms with van der Waals surface area (Å²) in [6.07, 6.45) is 0.166. The number of nitrogens with two attached hydrogens (primary N) is 1. The van der Waals surface area contributed by atoms with Crippen molar-refractivity contribution in [2.24, 2.45) is 11.1 Å². The lowest BCUT2D eigenvalue weighted by molar-refractivity contribution is -0.124. The maximum absolute atomic E-state index is 12.3. The summed E-state index contributed by atoms with van der Waals surface area (Å²) in [5.74, 6) is -0.531. The van der Waals surface area contributed by atoms with Gasteiger partial charge < -0.3 is 5.73 Å². The fourth-order valence-corrected chi connectivity index (χ4v) is 2.36. The Balaban J connectivity index is 2.53. The van der Waals surface area contributed by atoms with Crippen LogP contribution in [-0.4, -0.2) is 16.8 Å². The zero-order chi connectivity index (χ0) is 14.4. The molecular weight excluding hydrogens is 284 g/mol. The molecule has 19 heavy (non-hydrogen) atoms. The number of anilines is 1. The number of hydrogen-bond acceptors (Lipinski definition) is 3. The molecule has 1 fully saturated rings. The first kappa shape index (κ1) is 14.0. The second-order valence-corrected chi connectivity index (χ2v) is 5.97. The quantitative estimate of drug-likeness (QED) is 0.672. The Hall–Kier alpha value is -1.46. The van der Waals surface area contributed by atoms with Crippen molar-refractivity contribution < 1.29 is 9.59 Å². The molecule has 0 atom stereocenters. The molecule has 2 rings (SSSR count). The van der Waals surface area contributed by atoms with E-state index in [1.54, 1.807) is 32.0 Å². The molecule has 0 radical (unpaired) electrons. The highest BCUT2D eigenvalue weighted by Crippen LogP contribution is 2.38. The molecular formula is C13H13ClN2O2S. The van der Waals surface area contributed by atoms with Crippen molar-refractivity contribution in [2.45, 2.75) is 20.3 Å². The van der Waals surface area contributed by atoms with Crippen LogP contribution in [0.4, 0.5) is 5.69 Å². The normalized spacial score (nSPS) is 17.9. The number of nitrogens with zero attached hydrogens (tertiary/aromatic N) is 1. The average molecular weight is 297 g/mol. The Morgan fingerprint density at radius 3 is 2.53 bits per heavy atom. The summed E-state index contributed by atoms with van der Waals surface area (Å²) < 4.78 is 0. The van der Waals surface area contributed by atoms with Crippen LogP contribution in [0.25, 0.3) is 0 Å². The standard InChI is InChI=1S/C13H13ClN2O2S/c1-13(2)6-10(17)16(12(13)18)9-5-7(11(15)19)3-4-8(9)14/h3-5H,6H2,1-2H3,(H2,15,19). The van der Waals surface area contributed by atoms with Gasteiger partial charge in [-0.15, -0.1) is 0 Å². The van der Waals surface area contributed by atoms with Crippen molar-refractivity contribution in [2.75, 3.05) is 4.90 Å².